The van der Waals surface area contributed by atoms with Gasteiger partial charge in [-0.1, -0.05) is 53.2 Å². The summed E-state index contributed by atoms with van der Waals surface area (Å²) in [4.78, 5) is 22.9. The summed E-state index contributed by atoms with van der Waals surface area (Å²) >= 11 is 13.3. The zero-order valence-corrected chi connectivity index (χ0v) is 14.6. The van der Waals surface area contributed by atoms with Gasteiger partial charge >= 0.3 is 0 Å². The zero-order chi connectivity index (χ0) is 16.4. The third kappa shape index (κ3) is 3.52. The van der Waals surface area contributed by atoms with E-state index in [1.54, 1.807) is 16.7 Å². The van der Waals surface area contributed by atoms with Gasteiger partial charge in [0.2, 0.25) is 0 Å². The molecule has 4 nitrogen and oxygen atoms in total. The maximum absolute atomic E-state index is 12.7. The molecule has 118 valence electrons. The number of para-hydroxylation sites is 1. The number of amides is 1. The van der Waals surface area contributed by atoms with Crippen molar-refractivity contribution in [2.75, 3.05) is 12.3 Å². The summed E-state index contributed by atoms with van der Waals surface area (Å²) in [6.07, 6.45) is 1.44. The van der Waals surface area contributed by atoms with Crippen LogP contribution in [0, 0.1) is 6.92 Å². The molecule has 0 N–H and O–H groups in total. The highest BCUT2D eigenvalue weighted by Crippen LogP contribution is 2.27. The summed E-state index contributed by atoms with van der Waals surface area (Å²) in [5.41, 5.74) is 2.33. The van der Waals surface area contributed by atoms with Crippen molar-refractivity contribution in [3.8, 4) is 0 Å². The molecule has 0 spiro atoms. The fourth-order valence-electron chi connectivity index (χ4n) is 2.17. The lowest BCUT2D eigenvalue weighted by molar-refractivity contribution is 0.0859. The number of carbonyl (C=O) groups excluding carboxylic acids is 1. The lowest BCUT2D eigenvalue weighted by Crippen LogP contribution is -2.31. The van der Waals surface area contributed by atoms with Gasteiger partial charge in [-0.2, -0.15) is 0 Å². The van der Waals surface area contributed by atoms with E-state index in [0.717, 1.165) is 17.0 Å². The summed E-state index contributed by atoms with van der Waals surface area (Å²) in [6.45, 7) is 2.60. The van der Waals surface area contributed by atoms with Gasteiger partial charge < -0.3 is 0 Å². The highest BCUT2D eigenvalue weighted by molar-refractivity contribution is 8.14. The molecule has 1 aromatic heterocycles. The zero-order valence-electron chi connectivity index (χ0n) is 12.3. The van der Waals surface area contributed by atoms with Crippen LogP contribution in [0.15, 0.2) is 41.5 Å². The average Bonchev–Trinajstić information content (AvgIpc) is 3.00. The second kappa shape index (κ2) is 6.91. The minimum atomic E-state index is -0.173. The van der Waals surface area contributed by atoms with Gasteiger partial charge in [0, 0.05) is 18.5 Å². The van der Waals surface area contributed by atoms with Crippen LogP contribution in [0.4, 0.5) is 5.69 Å². The van der Waals surface area contributed by atoms with Gasteiger partial charge in [-0.3, -0.25) is 9.69 Å². The molecule has 1 saturated heterocycles. The molecule has 1 amide bonds. The maximum Gasteiger partial charge on any atom is 0.261 e. The molecule has 0 atom stereocenters. The molecule has 0 bridgehead atoms. The van der Waals surface area contributed by atoms with Crippen molar-refractivity contribution in [1.82, 2.24) is 9.88 Å². The molecule has 1 aromatic carbocycles. The number of thioether (sulfide) groups is 1. The van der Waals surface area contributed by atoms with Crippen molar-refractivity contribution in [3.63, 3.8) is 0 Å². The van der Waals surface area contributed by atoms with E-state index in [4.69, 9.17) is 23.2 Å². The van der Waals surface area contributed by atoms with Crippen molar-refractivity contribution in [3.05, 3.63) is 57.8 Å². The monoisotopic (exact) mass is 365 g/mol. The number of halogens is 2. The Morgan fingerprint density at radius 1 is 1.35 bits per heavy atom. The van der Waals surface area contributed by atoms with Crippen LogP contribution in [0.3, 0.4) is 0 Å². The van der Waals surface area contributed by atoms with E-state index in [2.05, 4.69) is 9.98 Å². The van der Waals surface area contributed by atoms with Gasteiger partial charge in [0.15, 0.2) is 5.17 Å². The number of aromatic nitrogens is 1. The van der Waals surface area contributed by atoms with E-state index in [1.165, 1.54) is 12.3 Å². The third-order valence-corrected chi connectivity index (χ3v) is 5.04. The van der Waals surface area contributed by atoms with Gasteiger partial charge in [0.1, 0.15) is 5.15 Å². The number of pyridine rings is 1. The maximum atomic E-state index is 12.7. The second-order valence-electron chi connectivity index (χ2n) is 4.98. The largest absolute Gasteiger partial charge is 0.286 e. The van der Waals surface area contributed by atoms with Crippen LogP contribution in [0.25, 0.3) is 0 Å². The van der Waals surface area contributed by atoms with E-state index < -0.39 is 0 Å². The number of rotatable bonds is 2. The van der Waals surface area contributed by atoms with Crippen LogP contribution in [0.2, 0.25) is 10.2 Å². The van der Waals surface area contributed by atoms with E-state index in [1.807, 2.05) is 31.2 Å². The van der Waals surface area contributed by atoms with E-state index in [-0.39, 0.29) is 16.1 Å². The molecule has 0 saturated carbocycles. The molecule has 1 fully saturated rings. The van der Waals surface area contributed by atoms with Gasteiger partial charge in [-0.25, -0.2) is 9.98 Å². The number of aliphatic imine (C=N–C) groups is 1. The lowest BCUT2D eigenvalue weighted by Gasteiger charge is -2.16. The molecule has 2 aromatic rings. The molecule has 2 heterocycles. The molecule has 23 heavy (non-hydrogen) atoms. The molecule has 1 aliphatic heterocycles. The van der Waals surface area contributed by atoms with Gasteiger partial charge in [0.05, 0.1) is 16.3 Å². The highest BCUT2D eigenvalue weighted by atomic mass is 35.5. The third-order valence-electron chi connectivity index (χ3n) is 3.40. The summed E-state index contributed by atoms with van der Waals surface area (Å²) in [7, 11) is 0. The van der Waals surface area contributed by atoms with Crippen molar-refractivity contribution in [2.45, 2.75) is 6.92 Å². The van der Waals surface area contributed by atoms with Crippen LogP contribution in [0.1, 0.15) is 15.9 Å². The van der Waals surface area contributed by atoms with E-state index >= 15 is 0 Å². The summed E-state index contributed by atoms with van der Waals surface area (Å²) in [5, 5.41) is 1.14. The number of nitrogens with zero attached hydrogens (tertiary/aromatic N) is 3. The summed E-state index contributed by atoms with van der Waals surface area (Å²) in [6, 6.07) is 9.36. The van der Waals surface area contributed by atoms with Crippen LogP contribution in [-0.4, -0.2) is 33.3 Å². The van der Waals surface area contributed by atoms with Crippen LogP contribution < -0.4 is 0 Å². The van der Waals surface area contributed by atoms with Crippen LogP contribution in [-0.2, 0) is 0 Å². The Hall–Kier alpha value is -1.56. The molecular formula is C16H13Cl2N3OS. The molecule has 7 heteroatoms. The predicted octanol–water partition coefficient (Wildman–Crippen LogP) is 4.57. The van der Waals surface area contributed by atoms with Crippen LogP contribution >= 0.6 is 35.0 Å². The Balaban J connectivity index is 1.90. The predicted molar refractivity (Wildman–Crippen MR) is 96.0 cm³/mol. The van der Waals surface area contributed by atoms with Crippen molar-refractivity contribution >= 4 is 51.7 Å². The fraction of sp³-hybridized carbons (Fsp3) is 0.188. The molecule has 0 unspecified atom stereocenters. The quantitative estimate of drug-likeness (QED) is 0.732. The molecule has 0 aliphatic carbocycles. The molecule has 3 rings (SSSR count). The van der Waals surface area contributed by atoms with Gasteiger partial charge in [0.25, 0.3) is 5.91 Å². The van der Waals surface area contributed by atoms with Crippen molar-refractivity contribution in [2.24, 2.45) is 4.99 Å². The Morgan fingerprint density at radius 3 is 2.87 bits per heavy atom. The topological polar surface area (TPSA) is 45.6 Å². The van der Waals surface area contributed by atoms with E-state index in [9.17, 15) is 4.79 Å². The summed E-state index contributed by atoms with van der Waals surface area (Å²) < 4.78 is 0. The van der Waals surface area contributed by atoms with Gasteiger partial charge in [-0.15, -0.1) is 0 Å². The van der Waals surface area contributed by atoms with Crippen molar-refractivity contribution < 1.29 is 4.79 Å². The van der Waals surface area contributed by atoms with Gasteiger partial charge in [-0.05, 0) is 24.6 Å². The number of amidine groups is 1. The smallest absolute Gasteiger partial charge is 0.261 e. The minimum absolute atomic E-state index is 0.173. The first-order valence-electron chi connectivity index (χ1n) is 6.96. The number of aryl methyl sites for hydroxylation is 1. The molecule has 0 radical (unpaired) electrons. The highest BCUT2D eigenvalue weighted by Gasteiger charge is 2.27. The number of hydrogen-bond acceptors (Lipinski definition) is 4. The molecular weight excluding hydrogens is 353 g/mol. The van der Waals surface area contributed by atoms with Crippen LogP contribution in [0.5, 0.6) is 0 Å². The Labute approximate surface area is 148 Å². The second-order valence-corrected chi connectivity index (χ2v) is 6.81. The first kappa shape index (κ1) is 16.3. The normalized spacial score (nSPS) is 16.1. The Kier molecular flexibility index (Phi) is 4.90. The minimum Gasteiger partial charge on any atom is -0.286 e. The number of carbonyl (C=O) groups is 1. The SMILES string of the molecule is Cc1ccccc1N=C1SCCN1C(=O)c1cnc(Cl)c(Cl)c1. The van der Waals surface area contributed by atoms with E-state index in [0.29, 0.717) is 17.3 Å². The fourth-order valence-corrected chi connectivity index (χ4v) is 3.39. The Morgan fingerprint density at radius 2 is 2.13 bits per heavy atom. The Bertz CT molecular complexity index is 795. The number of hydrogen-bond donors (Lipinski definition) is 0. The standard InChI is InChI=1S/C16H13Cl2N3OS/c1-10-4-2-3-5-13(10)20-16-21(6-7-23-16)15(22)11-8-12(17)14(18)19-9-11/h2-5,8-9H,6-7H2,1H3. The first-order chi connectivity index (χ1) is 11.1. The average molecular weight is 366 g/mol. The lowest BCUT2D eigenvalue weighted by atomic mass is 10.2. The molecule has 1 aliphatic rings. The first-order valence-corrected chi connectivity index (χ1v) is 8.70. The summed E-state index contributed by atoms with van der Waals surface area (Å²) in [5.74, 6) is 0.638. The number of benzene rings is 1. The van der Waals surface area contributed by atoms with Crippen molar-refractivity contribution in [1.29, 1.82) is 0 Å².